The molecule has 0 saturated carbocycles. The summed E-state index contributed by atoms with van der Waals surface area (Å²) in [6.07, 6.45) is 0. The zero-order chi connectivity index (χ0) is 12.8. The highest BCUT2D eigenvalue weighted by atomic mass is 19.1. The molecule has 0 saturated heterocycles. The lowest BCUT2D eigenvalue weighted by molar-refractivity contribution is -0.136. The summed E-state index contributed by atoms with van der Waals surface area (Å²) in [6, 6.07) is 4.19. The van der Waals surface area contributed by atoms with Gasteiger partial charge in [-0.3, -0.25) is 9.59 Å². The monoisotopic (exact) mass is 239 g/mol. The first-order valence-corrected chi connectivity index (χ1v) is 5.10. The summed E-state index contributed by atoms with van der Waals surface area (Å²) in [5.74, 6) is -2.08. The largest absolute Gasteiger partial charge is 0.347 e. The molecule has 0 bridgehead atoms. The predicted octanol–water partition coefficient (Wildman–Crippen LogP) is 0.148. The Morgan fingerprint density at radius 2 is 2.06 bits per heavy atom. The van der Waals surface area contributed by atoms with Crippen molar-refractivity contribution >= 4 is 17.5 Å². The second-order valence-electron chi connectivity index (χ2n) is 3.46. The van der Waals surface area contributed by atoms with Crippen molar-refractivity contribution in [2.24, 2.45) is 5.73 Å². The quantitative estimate of drug-likeness (QED) is 0.656. The number of hydrogen-bond donors (Lipinski definition) is 3. The molecule has 0 fully saturated rings. The average molecular weight is 239 g/mol. The number of rotatable bonds is 3. The summed E-state index contributed by atoms with van der Waals surface area (Å²) in [6.45, 7) is 2.07. The Hall–Kier alpha value is -1.95. The van der Waals surface area contributed by atoms with Gasteiger partial charge in [-0.05, 0) is 24.6 Å². The number of hydrogen-bond acceptors (Lipinski definition) is 3. The van der Waals surface area contributed by atoms with Crippen molar-refractivity contribution in [2.45, 2.75) is 6.92 Å². The van der Waals surface area contributed by atoms with Crippen molar-refractivity contribution in [2.75, 3.05) is 18.4 Å². The summed E-state index contributed by atoms with van der Waals surface area (Å²) >= 11 is 0. The maximum atomic E-state index is 13.2. The summed E-state index contributed by atoms with van der Waals surface area (Å²) in [5.41, 5.74) is 5.88. The zero-order valence-electron chi connectivity index (χ0n) is 9.42. The van der Waals surface area contributed by atoms with E-state index in [-0.39, 0.29) is 18.8 Å². The van der Waals surface area contributed by atoms with Gasteiger partial charge in [-0.25, -0.2) is 4.39 Å². The fraction of sp³-hybridized carbons (Fsp3) is 0.273. The minimum Gasteiger partial charge on any atom is -0.347 e. The van der Waals surface area contributed by atoms with Crippen molar-refractivity contribution in [3.05, 3.63) is 29.6 Å². The molecule has 0 heterocycles. The van der Waals surface area contributed by atoms with Crippen LogP contribution in [0.15, 0.2) is 18.2 Å². The second-order valence-corrected chi connectivity index (χ2v) is 3.46. The van der Waals surface area contributed by atoms with Crippen LogP contribution in [0.25, 0.3) is 0 Å². The van der Waals surface area contributed by atoms with E-state index in [1.54, 1.807) is 6.92 Å². The van der Waals surface area contributed by atoms with Crippen LogP contribution in [0.1, 0.15) is 5.56 Å². The van der Waals surface area contributed by atoms with Crippen LogP contribution < -0.4 is 16.4 Å². The Balaban J connectivity index is 2.61. The highest BCUT2D eigenvalue weighted by molar-refractivity contribution is 6.39. The molecule has 1 aromatic carbocycles. The van der Waals surface area contributed by atoms with E-state index in [1.165, 1.54) is 12.1 Å². The molecule has 0 unspecified atom stereocenters. The molecule has 0 aromatic heterocycles. The molecule has 0 spiro atoms. The molecule has 1 aromatic rings. The Morgan fingerprint density at radius 1 is 1.35 bits per heavy atom. The van der Waals surface area contributed by atoms with Gasteiger partial charge >= 0.3 is 11.8 Å². The van der Waals surface area contributed by atoms with Crippen molar-refractivity contribution in [1.29, 1.82) is 0 Å². The number of nitrogens with two attached hydrogens (primary N) is 1. The Morgan fingerprint density at radius 3 is 2.65 bits per heavy atom. The van der Waals surface area contributed by atoms with Gasteiger partial charge in [0.15, 0.2) is 0 Å². The Labute approximate surface area is 98.2 Å². The number of anilines is 1. The molecule has 0 radical (unpaired) electrons. The molecule has 5 nitrogen and oxygen atoms in total. The molecule has 0 aliphatic rings. The number of halogens is 1. The van der Waals surface area contributed by atoms with Gasteiger partial charge in [0.2, 0.25) is 0 Å². The van der Waals surface area contributed by atoms with E-state index in [0.717, 1.165) is 6.07 Å². The van der Waals surface area contributed by atoms with E-state index in [1.807, 2.05) is 0 Å². The third-order valence-corrected chi connectivity index (χ3v) is 2.07. The molecule has 6 heteroatoms. The average Bonchev–Trinajstić information content (AvgIpc) is 2.30. The lowest BCUT2D eigenvalue weighted by atomic mass is 10.2. The highest BCUT2D eigenvalue weighted by Gasteiger charge is 2.13. The van der Waals surface area contributed by atoms with Gasteiger partial charge in [-0.1, -0.05) is 6.07 Å². The number of aryl methyl sites for hydroxylation is 1. The zero-order valence-corrected chi connectivity index (χ0v) is 9.42. The van der Waals surface area contributed by atoms with Crippen LogP contribution in [-0.4, -0.2) is 24.9 Å². The van der Waals surface area contributed by atoms with E-state index in [9.17, 15) is 14.0 Å². The smallest absolute Gasteiger partial charge is 0.313 e. The minimum atomic E-state index is -0.846. The van der Waals surface area contributed by atoms with Crippen LogP contribution >= 0.6 is 0 Å². The van der Waals surface area contributed by atoms with Gasteiger partial charge in [-0.2, -0.15) is 0 Å². The molecule has 0 atom stereocenters. The lowest BCUT2D eigenvalue weighted by Crippen LogP contribution is -2.37. The van der Waals surface area contributed by atoms with Crippen LogP contribution in [-0.2, 0) is 9.59 Å². The fourth-order valence-corrected chi connectivity index (χ4v) is 1.12. The van der Waals surface area contributed by atoms with Crippen molar-refractivity contribution < 1.29 is 14.0 Å². The molecular weight excluding hydrogens is 225 g/mol. The number of nitrogens with one attached hydrogen (secondary N) is 2. The topological polar surface area (TPSA) is 84.2 Å². The Bertz CT molecular complexity index is 435. The summed E-state index contributed by atoms with van der Waals surface area (Å²) < 4.78 is 13.2. The van der Waals surface area contributed by atoms with Gasteiger partial charge in [0, 0.05) is 18.8 Å². The number of carbonyl (C=O) groups excluding carboxylic acids is 2. The second kappa shape index (κ2) is 5.95. The third-order valence-electron chi connectivity index (χ3n) is 2.07. The molecular formula is C11H14FN3O2. The molecule has 92 valence electrons. The van der Waals surface area contributed by atoms with Gasteiger partial charge in [0.1, 0.15) is 5.82 Å². The minimum absolute atomic E-state index is 0.217. The van der Waals surface area contributed by atoms with E-state index in [4.69, 9.17) is 5.73 Å². The van der Waals surface area contributed by atoms with Crippen LogP contribution in [0.2, 0.25) is 0 Å². The SMILES string of the molecule is Cc1ccc(NC(=O)C(=O)NCCN)cc1F. The number of carbonyl (C=O) groups is 2. The first-order chi connectivity index (χ1) is 8.04. The summed E-state index contributed by atoms with van der Waals surface area (Å²) in [7, 11) is 0. The van der Waals surface area contributed by atoms with Crippen LogP contribution in [0, 0.1) is 12.7 Å². The number of amides is 2. The van der Waals surface area contributed by atoms with Crippen LogP contribution in [0.4, 0.5) is 10.1 Å². The first-order valence-electron chi connectivity index (χ1n) is 5.10. The van der Waals surface area contributed by atoms with Crippen molar-refractivity contribution in [1.82, 2.24) is 5.32 Å². The van der Waals surface area contributed by atoms with Crippen LogP contribution in [0.5, 0.6) is 0 Å². The molecule has 17 heavy (non-hydrogen) atoms. The summed E-state index contributed by atoms with van der Waals surface area (Å²) in [4.78, 5) is 22.5. The van der Waals surface area contributed by atoms with Gasteiger partial charge in [0.25, 0.3) is 0 Å². The van der Waals surface area contributed by atoms with E-state index in [0.29, 0.717) is 5.56 Å². The van der Waals surface area contributed by atoms with Gasteiger partial charge in [0.05, 0.1) is 0 Å². The molecule has 0 aliphatic heterocycles. The third kappa shape index (κ3) is 3.84. The first kappa shape index (κ1) is 13.1. The van der Waals surface area contributed by atoms with E-state index >= 15 is 0 Å². The highest BCUT2D eigenvalue weighted by Crippen LogP contribution is 2.13. The van der Waals surface area contributed by atoms with Crippen molar-refractivity contribution in [3.63, 3.8) is 0 Å². The van der Waals surface area contributed by atoms with Gasteiger partial charge < -0.3 is 16.4 Å². The van der Waals surface area contributed by atoms with E-state index < -0.39 is 17.6 Å². The molecule has 2 amide bonds. The maximum absolute atomic E-state index is 13.2. The van der Waals surface area contributed by atoms with Crippen LogP contribution in [0.3, 0.4) is 0 Å². The van der Waals surface area contributed by atoms with Gasteiger partial charge in [-0.15, -0.1) is 0 Å². The molecule has 1 rings (SSSR count). The van der Waals surface area contributed by atoms with E-state index in [2.05, 4.69) is 10.6 Å². The lowest BCUT2D eigenvalue weighted by Gasteiger charge is -2.06. The molecule has 4 N–H and O–H groups in total. The maximum Gasteiger partial charge on any atom is 0.313 e. The Kier molecular flexibility index (Phi) is 4.59. The summed E-state index contributed by atoms with van der Waals surface area (Å²) in [5, 5.41) is 4.60. The number of benzene rings is 1. The normalized spacial score (nSPS) is 9.82. The predicted molar refractivity (Wildman–Crippen MR) is 61.8 cm³/mol. The van der Waals surface area contributed by atoms with Crippen molar-refractivity contribution in [3.8, 4) is 0 Å². The fourth-order valence-electron chi connectivity index (χ4n) is 1.12. The standard InChI is InChI=1S/C11H14FN3O2/c1-7-2-3-8(6-9(7)12)15-11(17)10(16)14-5-4-13/h2-3,6H,4-5,13H2,1H3,(H,14,16)(H,15,17). The molecule has 0 aliphatic carbocycles.